The second-order valence-corrected chi connectivity index (χ2v) is 10.7. The largest absolute Gasteiger partial charge is 0.480 e. The fraction of sp³-hybridized carbons (Fsp3) is 0.269. The summed E-state index contributed by atoms with van der Waals surface area (Å²) in [6.07, 6.45) is -3.41. The quantitative estimate of drug-likeness (QED) is 0.230. The van der Waals surface area contributed by atoms with E-state index in [2.05, 4.69) is 10.3 Å². The highest BCUT2D eigenvalue weighted by molar-refractivity contribution is 14.1. The number of pyridine rings is 1. The number of carbonyl (C=O) groups excluding carboxylic acids is 2. The van der Waals surface area contributed by atoms with E-state index in [0.717, 1.165) is 11.0 Å². The number of carbonyl (C=O) groups is 2. The minimum absolute atomic E-state index is 0.00871. The van der Waals surface area contributed by atoms with Gasteiger partial charge in [0, 0.05) is 34.5 Å². The van der Waals surface area contributed by atoms with Crippen LogP contribution >= 0.6 is 34.2 Å². The monoisotopic (exact) mass is 679 g/mol. The van der Waals surface area contributed by atoms with Crippen LogP contribution in [0.4, 0.5) is 23.4 Å². The molecular formula is C26H23ClF4IN3O4. The van der Waals surface area contributed by atoms with Crippen molar-refractivity contribution in [3.63, 3.8) is 0 Å². The Morgan fingerprint density at radius 2 is 1.87 bits per heavy atom. The molecule has 2 N–H and O–H groups in total. The molecule has 2 aromatic carbocycles. The average molecular weight is 680 g/mol. The van der Waals surface area contributed by atoms with Gasteiger partial charge in [-0.25, -0.2) is 9.37 Å². The van der Waals surface area contributed by atoms with Gasteiger partial charge in [-0.3, -0.25) is 14.5 Å². The first-order valence-corrected chi connectivity index (χ1v) is 12.8. The van der Waals surface area contributed by atoms with Crippen molar-refractivity contribution in [2.24, 2.45) is 0 Å². The number of nitrogens with one attached hydrogen (secondary N) is 1. The zero-order valence-corrected chi connectivity index (χ0v) is 23.8. The van der Waals surface area contributed by atoms with Crippen LogP contribution in [0.1, 0.15) is 34.6 Å². The van der Waals surface area contributed by atoms with Gasteiger partial charge in [-0.15, -0.1) is 0 Å². The normalized spacial score (nSPS) is 11.7. The smallest absolute Gasteiger partial charge is 0.422 e. The Morgan fingerprint density at radius 1 is 1.18 bits per heavy atom. The minimum Gasteiger partial charge on any atom is -0.480 e. The summed E-state index contributed by atoms with van der Waals surface area (Å²) in [5.41, 5.74) is -0.634. The third-order valence-corrected chi connectivity index (χ3v) is 6.50. The molecule has 3 rings (SSSR count). The van der Waals surface area contributed by atoms with E-state index in [1.54, 1.807) is 12.1 Å². The van der Waals surface area contributed by atoms with Crippen molar-refractivity contribution in [1.29, 1.82) is 0 Å². The van der Waals surface area contributed by atoms with Gasteiger partial charge >= 0.3 is 6.18 Å². The van der Waals surface area contributed by atoms with Crippen molar-refractivity contribution >= 4 is 51.8 Å². The molecular weight excluding hydrogens is 657 g/mol. The highest BCUT2D eigenvalue weighted by atomic mass is 127. The molecule has 0 aliphatic rings. The molecule has 2 amide bonds. The molecule has 0 saturated carbocycles. The van der Waals surface area contributed by atoms with Gasteiger partial charge in [-0.05, 0) is 78.4 Å². The van der Waals surface area contributed by atoms with Gasteiger partial charge in [0.2, 0.25) is 0 Å². The predicted octanol–water partition coefficient (Wildman–Crippen LogP) is 5.86. The third kappa shape index (κ3) is 8.02. The molecule has 0 bridgehead atoms. The van der Waals surface area contributed by atoms with Crippen LogP contribution < -0.4 is 15.0 Å². The number of ether oxygens (including phenoxy) is 1. The second kappa shape index (κ2) is 12.0. The summed E-state index contributed by atoms with van der Waals surface area (Å²) in [5.74, 6) is -3.04. The summed E-state index contributed by atoms with van der Waals surface area (Å²) in [7, 11) is 1.20. The van der Waals surface area contributed by atoms with Gasteiger partial charge in [0.15, 0.2) is 18.2 Å². The number of anilines is 1. The van der Waals surface area contributed by atoms with E-state index >= 15 is 0 Å². The number of hydrogen-bond donors (Lipinski definition) is 2. The van der Waals surface area contributed by atoms with E-state index in [9.17, 15) is 32.3 Å². The molecule has 208 valence electrons. The van der Waals surface area contributed by atoms with Crippen LogP contribution in [0, 0.1) is 9.39 Å². The topological polar surface area (TPSA) is 91.8 Å². The minimum atomic E-state index is -4.70. The summed E-state index contributed by atoms with van der Waals surface area (Å²) in [5, 5.41) is 12.3. The SMILES string of the molecule is CN(C(=O)c1c(F)cccc1Cl)c1ncc(-c2cc(C(=O)NCC(C)(C)O)ccc2I)cc1OCC(F)(F)F. The summed E-state index contributed by atoms with van der Waals surface area (Å²) in [6.45, 7) is 1.38. The van der Waals surface area contributed by atoms with Crippen LogP contribution in [0.2, 0.25) is 5.02 Å². The third-order valence-electron chi connectivity index (χ3n) is 5.24. The summed E-state index contributed by atoms with van der Waals surface area (Å²) < 4.78 is 59.1. The van der Waals surface area contributed by atoms with Crippen molar-refractivity contribution in [3.05, 3.63) is 74.2 Å². The maximum absolute atomic E-state index is 14.4. The number of amides is 2. The fourth-order valence-electron chi connectivity index (χ4n) is 3.35. The van der Waals surface area contributed by atoms with E-state index in [4.69, 9.17) is 16.3 Å². The van der Waals surface area contributed by atoms with Crippen molar-refractivity contribution in [1.82, 2.24) is 10.3 Å². The molecule has 7 nitrogen and oxygen atoms in total. The Kier molecular flexibility index (Phi) is 9.44. The van der Waals surface area contributed by atoms with Crippen LogP contribution in [0.15, 0.2) is 48.7 Å². The second-order valence-electron chi connectivity index (χ2n) is 9.10. The number of rotatable bonds is 8. The van der Waals surface area contributed by atoms with Crippen LogP contribution in [-0.4, -0.2) is 53.9 Å². The Balaban J connectivity index is 2.03. The molecule has 0 saturated heterocycles. The van der Waals surface area contributed by atoms with E-state index in [1.165, 1.54) is 51.4 Å². The van der Waals surface area contributed by atoms with E-state index < -0.39 is 47.3 Å². The number of alkyl halides is 3. The van der Waals surface area contributed by atoms with Gasteiger partial charge in [-0.2, -0.15) is 13.2 Å². The van der Waals surface area contributed by atoms with Crippen molar-refractivity contribution in [2.45, 2.75) is 25.6 Å². The lowest BCUT2D eigenvalue weighted by Gasteiger charge is -2.22. The maximum Gasteiger partial charge on any atom is 0.422 e. The van der Waals surface area contributed by atoms with Crippen LogP contribution in [0.3, 0.4) is 0 Å². The van der Waals surface area contributed by atoms with Crippen LogP contribution in [0.25, 0.3) is 11.1 Å². The van der Waals surface area contributed by atoms with Gasteiger partial charge < -0.3 is 15.2 Å². The first-order chi connectivity index (χ1) is 18.1. The maximum atomic E-state index is 14.4. The Bertz CT molecular complexity index is 1380. The molecule has 0 aliphatic carbocycles. The van der Waals surface area contributed by atoms with Gasteiger partial charge in [0.25, 0.3) is 11.8 Å². The summed E-state index contributed by atoms with van der Waals surface area (Å²) in [6, 6.07) is 9.58. The standard InChI is InChI=1S/C26H23ClF4IN3O4/c1-25(2,38)12-34-23(36)14-7-8-19(32)16(9-14)15-10-20(39-13-26(29,30)31)22(33-11-15)35(3)24(37)21-17(27)5-4-6-18(21)28/h4-11,38H,12-13H2,1-3H3,(H,34,36). The number of halogens is 6. The first kappa shape index (κ1) is 30.6. The van der Waals surface area contributed by atoms with Crippen molar-refractivity contribution in [2.75, 3.05) is 25.1 Å². The molecule has 0 spiro atoms. The zero-order chi connectivity index (χ0) is 29.1. The van der Waals surface area contributed by atoms with Gasteiger partial charge in [-0.1, -0.05) is 17.7 Å². The molecule has 0 unspecified atom stereocenters. The number of benzene rings is 2. The number of aromatic nitrogens is 1. The Labute approximate surface area is 240 Å². The van der Waals surface area contributed by atoms with E-state index in [0.29, 0.717) is 14.7 Å². The summed E-state index contributed by atoms with van der Waals surface area (Å²) >= 11 is 7.98. The predicted molar refractivity (Wildman–Crippen MR) is 147 cm³/mol. The molecule has 0 radical (unpaired) electrons. The van der Waals surface area contributed by atoms with Crippen molar-refractivity contribution < 1.29 is 37.0 Å². The molecule has 13 heteroatoms. The number of hydrogen-bond acceptors (Lipinski definition) is 5. The fourth-order valence-corrected chi connectivity index (χ4v) is 4.25. The van der Waals surface area contributed by atoms with Crippen molar-refractivity contribution in [3.8, 4) is 16.9 Å². The first-order valence-electron chi connectivity index (χ1n) is 11.3. The Morgan fingerprint density at radius 3 is 2.49 bits per heavy atom. The van der Waals surface area contributed by atoms with Crippen LogP contribution in [0.5, 0.6) is 5.75 Å². The molecule has 0 aliphatic heterocycles. The van der Waals surface area contributed by atoms with Gasteiger partial charge in [0.1, 0.15) is 5.82 Å². The molecule has 3 aromatic rings. The lowest BCUT2D eigenvalue weighted by molar-refractivity contribution is -0.153. The zero-order valence-electron chi connectivity index (χ0n) is 20.9. The summed E-state index contributed by atoms with van der Waals surface area (Å²) in [4.78, 5) is 30.6. The van der Waals surface area contributed by atoms with E-state index in [1.807, 2.05) is 22.6 Å². The molecule has 0 atom stereocenters. The molecule has 1 aromatic heterocycles. The molecule has 39 heavy (non-hydrogen) atoms. The highest BCUT2D eigenvalue weighted by Gasteiger charge is 2.31. The lowest BCUT2D eigenvalue weighted by atomic mass is 10.0. The number of nitrogens with zero attached hydrogens (tertiary/aromatic N) is 2. The average Bonchev–Trinajstić information content (AvgIpc) is 2.84. The van der Waals surface area contributed by atoms with Crippen LogP contribution in [-0.2, 0) is 0 Å². The molecule has 1 heterocycles. The highest BCUT2D eigenvalue weighted by Crippen LogP contribution is 2.35. The van der Waals surface area contributed by atoms with Gasteiger partial charge in [0.05, 0.1) is 16.2 Å². The lowest BCUT2D eigenvalue weighted by Crippen LogP contribution is -2.38. The Hall–Kier alpha value is -2.97. The van der Waals surface area contributed by atoms with E-state index in [-0.39, 0.29) is 22.9 Å². The number of aliphatic hydroxyl groups is 1. The molecule has 0 fully saturated rings.